The van der Waals surface area contributed by atoms with E-state index in [1.165, 1.54) is 0 Å². The number of benzene rings is 1. The number of hydrogen-bond donors (Lipinski definition) is 2. The molecule has 3 heterocycles. The highest BCUT2D eigenvalue weighted by atomic mass is 16.5. The number of aryl methyl sites for hydroxylation is 1. The normalized spacial score (nSPS) is 16.3. The van der Waals surface area contributed by atoms with Gasteiger partial charge in [-0.05, 0) is 68.3 Å². The first kappa shape index (κ1) is 20.7. The second-order valence-corrected chi connectivity index (χ2v) is 7.66. The van der Waals surface area contributed by atoms with Gasteiger partial charge in [-0.3, -0.25) is 14.7 Å². The van der Waals surface area contributed by atoms with Crippen molar-refractivity contribution in [3.63, 3.8) is 0 Å². The van der Waals surface area contributed by atoms with Gasteiger partial charge in [0.05, 0.1) is 25.4 Å². The number of carbonyl (C=O) groups is 1. The molecule has 1 saturated heterocycles. The third kappa shape index (κ3) is 4.97. The standard InChI is InChI=1S/C23H26N6O2/c1-15-10-16(17-12-25-23(24)26-13-17)11-20(27-15)21-4-3-9-29(21)14-22(30)28-18-5-7-19(31-2)8-6-18/h5-8,10-13,21H,3-4,9,14H2,1-2H3,(H,28,30)(H2,24,25,26)/t21-/m0/s1. The van der Waals surface area contributed by atoms with Crippen LogP contribution < -0.4 is 15.8 Å². The minimum absolute atomic E-state index is 0.0446. The summed E-state index contributed by atoms with van der Waals surface area (Å²) in [5.41, 5.74) is 10.1. The molecule has 0 saturated carbocycles. The number of anilines is 2. The lowest BCUT2D eigenvalue weighted by Gasteiger charge is -2.24. The number of aromatic nitrogens is 3. The predicted molar refractivity (Wildman–Crippen MR) is 120 cm³/mol. The molecule has 1 aromatic carbocycles. The van der Waals surface area contributed by atoms with Crippen LogP contribution >= 0.6 is 0 Å². The average molecular weight is 419 g/mol. The molecule has 160 valence electrons. The fraction of sp³-hybridized carbons (Fsp3) is 0.304. The van der Waals surface area contributed by atoms with Gasteiger partial charge in [-0.2, -0.15) is 0 Å². The smallest absolute Gasteiger partial charge is 0.238 e. The number of methoxy groups -OCH3 is 1. The summed E-state index contributed by atoms with van der Waals surface area (Å²) in [6.07, 6.45) is 5.42. The molecule has 1 amide bonds. The molecule has 2 aromatic heterocycles. The number of nitrogen functional groups attached to an aromatic ring is 1. The van der Waals surface area contributed by atoms with E-state index < -0.39 is 0 Å². The number of carbonyl (C=O) groups excluding carboxylic acids is 1. The third-order valence-corrected chi connectivity index (χ3v) is 5.40. The number of likely N-dealkylation sites (tertiary alicyclic amines) is 1. The van der Waals surface area contributed by atoms with E-state index in [9.17, 15) is 4.79 Å². The third-order valence-electron chi connectivity index (χ3n) is 5.40. The number of nitrogens with one attached hydrogen (secondary N) is 1. The topological polar surface area (TPSA) is 106 Å². The lowest BCUT2D eigenvalue weighted by atomic mass is 10.0. The molecule has 1 fully saturated rings. The van der Waals surface area contributed by atoms with Gasteiger partial charge in [0.2, 0.25) is 11.9 Å². The van der Waals surface area contributed by atoms with Crippen LogP contribution in [0, 0.1) is 6.92 Å². The van der Waals surface area contributed by atoms with Gasteiger partial charge < -0.3 is 15.8 Å². The number of ether oxygens (including phenoxy) is 1. The lowest BCUT2D eigenvalue weighted by Crippen LogP contribution is -2.33. The summed E-state index contributed by atoms with van der Waals surface area (Å²) in [6.45, 7) is 3.14. The second-order valence-electron chi connectivity index (χ2n) is 7.66. The molecule has 3 N–H and O–H groups in total. The van der Waals surface area contributed by atoms with Gasteiger partial charge in [-0.25, -0.2) is 9.97 Å². The van der Waals surface area contributed by atoms with Crippen LogP contribution in [0.4, 0.5) is 11.6 Å². The summed E-state index contributed by atoms with van der Waals surface area (Å²) >= 11 is 0. The van der Waals surface area contributed by atoms with E-state index in [1.807, 2.05) is 37.3 Å². The summed E-state index contributed by atoms with van der Waals surface area (Å²) < 4.78 is 5.16. The highest BCUT2D eigenvalue weighted by molar-refractivity contribution is 5.92. The number of rotatable bonds is 6. The van der Waals surface area contributed by atoms with E-state index in [1.54, 1.807) is 19.5 Å². The summed E-state index contributed by atoms with van der Waals surface area (Å²) in [5.74, 6) is 0.960. The van der Waals surface area contributed by atoms with Crippen molar-refractivity contribution in [2.45, 2.75) is 25.8 Å². The van der Waals surface area contributed by atoms with Crippen LogP contribution in [0.1, 0.15) is 30.3 Å². The van der Waals surface area contributed by atoms with E-state index >= 15 is 0 Å². The van der Waals surface area contributed by atoms with Crippen LogP contribution in [-0.2, 0) is 4.79 Å². The molecule has 3 aromatic rings. The van der Waals surface area contributed by atoms with Gasteiger partial charge in [0.15, 0.2) is 0 Å². The van der Waals surface area contributed by atoms with Crippen molar-refractivity contribution in [2.24, 2.45) is 0 Å². The number of nitrogens with zero attached hydrogens (tertiary/aromatic N) is 4. The van der Waals surface area contributed by atoms with E-state index in [2.05, 4.69) is 26.3 Å². The zero-order valence-corrected chi connectivity index (χ0v) is 17.7. The first-order valence-corrected chi connectivity index (χ1v) is 10.3. The van der Waals surface area contributed by atoms with Gasteiger partial charge in [-0.15, -0.1) is 0 Å². The highest BCUT2D eigenvalue weighted by Gasteiger charge is 2.29. The minimum atomic E-state index is -0.0446. The molecule has 0 aliphatic carbocycles. The van der Waals surface area contributed by atoms with Gasteiger partial charge in [0, 0.05) is 29.3 Å². The molecule has 4 rings (SSSR count). The zero-order chi connectivity index (χ0) is 21.8. The molecule has 1 aliphatic rings. The Labute approximate surface area is 181 Å². The molecular weight excluding hydrogens is 392 g/mol. The van der Waals surface area contributed by atoms with Crippen molar-refractivity contribution in [2.75, 3.05) is 31.2 Å². The van der Waals surface area contributed by atoms with Crippen LogP contribution in [0.2, 0.25) is 0 Å². The molecule has 0 spiro atoms. The van der Waals surface area contributed by atoms with Crippen molar-refractivity contribution >= 4 is 17.5 Å². The molecule has 8 heteroatoms. The van der Waals surface area contributed by atoms with Crippen LogP contribution in [0.5, 0.6) is 5.75 Å². The molecule has 0 unspecified atom stereocenters. The summed E-state index contributed by atoms with van der Waals surface area (Å²) in [6, 6.07) is 11.5. The van der Waals surface area contributed by atoms with Gasteiger partial charge >= 0.3 is 0 Å². The Balaban J connectivity index is 1.48. The number of amides is 1. The van der Waals surface area contributed by atoms with Crippen molar-refractivity contribution in [1.29, 1.82) is 0 Å². The van der Waals surface area contributed by atoms with Crippen LogP contribution in [-0.4, -0.2) is 46.0 Å². The van der Waals surface area contributed by atoms with E-state index in [4.69, 9.17) is 15.5 Å². The SMILES string of the molecule is COc1ccc(NC(=O)CN2CCC[C@H]2c2cc(-c3cnc(N)nc3)cc(C)n2)cc1. The Morgan fingerprint density at radius 2 is 1.94 bits per heavy atom. The first-order chi connectivity index (χ1) is 15.0. The predicted octanol–water partition coefficient (Wildman–Crippen LogP) is 3.21. The van der Waals surface area contributed by atoms with E-state index in [0.29, 0.717) is 6.54 Å². The summed E-state index contributed by atoms with van der Waals surface area (Å²) in [4.78, 5) is 27.8. The van der Waals surface area contributed by atoms with Gasteiger partial charge in [0.1, 0.15) is 5.75 Å². The maximum atomic E-state index is 12.7. The van der Waals surface area contributed by atoms with Crippen molar-refractivity contribution in [3.05, 3.63) is 60.2 Å². The Kier molecular flexibility index (Phi) is 6.08. The van der Waals surface area contributed by atoms with E-state index in [0.717, 1.165) is 53.3 Å². The van der Waals surface area contributed by atoms with Crippen LogP contribution in [0.3, 0.4) is 0 Å². The molecular formula is C23H26N6O2. The molecule has 0 radical (unpaired) electrons. The number of nitrogens with two attached hydrogens (primary N) is 1. The number of hydrogen-bond acceptors (Lipinski definition) is 7. The molecule has 0 bridgehead atoms. The maximum Gasteiger partial charge on any atom is 0.238 e. The summed E-state index contributed by atoms with van der Waals surface area (Å²) in [5, 5.41) is 2.96. The van der Waals surface area contributed by atoms with Gasteiger partial charge in [-0.1, -0.05) is 0 Å². The zero-order valence-electron chi connectivity index (χ0n) is 17.7. The average Bonchev–Trinajstić information content (AvgIpc) is 3.22. The Bertz CT molecular complexity index is 1050. The van der Waals surface area contributed by atoms with Gasteiger partial charge in [0.25, 0.3) is 0 Å². The Morgan fingerprint density at radius 3 is 2.65 bits per heavy atom. The first-order valence-electron chi connectivity index (χ1n) is 10.3. The van der Waals surface area contributed by atoms with Crippen LogP contribution in [0.25, 0.3) is 11.1 Å². The van der Waals surface area contributed by atoms with Crippen molar-refractivity contribution in [1.82, 2.24) is 19.9 Å². The fourth-order valence-electron chi connectivity index (χ4n) is 3.93. The second kappa shape index (κ2) is 9.09. The van der Waals surface area contributed by atoms with Crippen LogP contribution in [0.15, 0.2) is 48.8 Å². The monoisotopic (exact) mass is 418 g/mol. The Hall–Kier alpha value is -3.52. The molecule has 1 aliphatic heterocycles. The van der Waals surface area contributed by atoms with Crippen molar-refractivity contribution in [3.8, 4) is 16.9 Å². The Morgan fingerprint density at radius 1 is 1.19 bits per heavy atom. The largest absolute Gasteiger partial charge is 0.497 e. The quantitative estimate of drug-likeness (QED) is 0.633. The minimum Gasteiger partial charge on any atom is -0.497 e. The molecule has 31 heavy (non-hydrogen) atoms. The fourth-order valence-corrected chi connectivity index (χ4v) is 3.93. The molecule has 1 atom stereocenters. The number of pyridine rings is 1. The lowest BCUT2D eigenvalue weighted by molar-refractivity contribution is -0.117. The summed E-state index contributed by atoms with van der Waals surface area (Å²) in [7, 11) is 1.62. The van der Waals surface area contributed by atoms with Crippen molar-refractivity contribution < 1.29 is 9.53 Å². The maximum absolute atomic E-state index is 12.7. The highest BCUT2D eigenvalue weighted by Crippen LogP contribution is 2.33. The molecule has 8 nitrogen and oxygen atoms in total. The van der Waals surface area contributed by atoms with E-state index in [-0.39, 0.29) is 17.9 Å².